The predicted octanol–water partition coefficient (Wildman–Crippen LogP) is 1.31. The van der Waals surface area contributed by atoms with E-state index in [0.29, 0.717) is 12.2 Å². The molecule has 0 unspecified atom stereocenters. The Hall–Kier alpha value is -2.96. The number of benzene rings is 1. The van der Waals surface area contributed by atoms with E-state index in [1.165, 1.54) is 4.68 Å². The maximum absolute atomic E-state index is 12.0. The largest absolute Gasteiger partial charge is 0.288 e. The van der Waals surface area contributed by atoms with Gasteiger partial charge >= 0.3 is 0 Å². The number of carbonyl (C=O) groups excluding carboxylic acids is 1. The summed E-state index contributed by atoms with van der Waals surface area (Å²) < 4.78 is 3.17. The van der Waals surface area contributed by atoms with Crippen molar-refractivity contribution in [1.29, 1.82) is 0 Å². The minimum atomic E-state index is -0.285. The Morgan fingerprint density at radius 2 is 2.05 bits per heavy atom. The number of hydrogen-bond acceptors (Lipinski definition) is 4. The third-order valence-corrected chi connectivity index (χ3v) is 3.00. The summed E-state index contributed by atoms with van der Waals surface area (Å²) in [5.41, 5.74) is 1.57. The fourth-order valence-corrected chi connectivity index (χ4v) is 1.96. The van der Waals surface area contributed by atoms with Crippen molar-refractivity contribution in [2.75, 3.05) is 5.32 Å². The second kappa shape index (κ2) is 5.58. The lowest BCUT2D eigenvalue weighted by Gasteiger charge is -2.01. The summed E-state index contributed by atoms with van der Waals surface area (Å²) in [6, 6.07) is 11.6. The molecule has 0 atom stereocenters. The van der Waals surface area contributed by atoms with Gasteiger partial charge in [-0.3, -0.25) is 14.8 Å². The second-order valence-electron chi connectivity index (χ2n) is 4.55. The molecular formula is C14H14N6O. The third-order valence-electron chi connectivity index (χ3n) is 3.00. The molecule has 7 nitrogen and oxygen atoms in total. The van der Waals surface area contributed by atoms with Crippen LogP contribution in [-0.2, 0) is 13.6 Å². The highest BCUT2D eigenvalue weighted by molar-refractivity contribution is 6.01. The van der Waals surface area contributed by atoms with Crippen LogP contribution >= 0.6 is 0 Å². The first kappa shape index (κ1) is 13.0. The summed E-state index contributed by atoms with van der Waals surface area (Å²) in [4.78, 5) is 16.1. The summed E-state index contributed by atoms with van der Waals surface area (Å²) in [6.45, 7) is 0.607. The van der Waals surface area contributed by atoms with Crippen molar-refractivity contribution < 1.29 is 4.79 Å². The number of rotatable bonds is 4. The van der Waals surface area contributed by atoms with Crippen molar-refractivity contribution in [3.63, 3.8) is 0 Å². The van der Waals surface area contributed by atoms with Crippen LogP contribution in [0.2, 0.25) is 0 Å². The van der Waals surface area contributed by atoms with Gasteiger partial charge in [-0.15, -0.1) is 5.10 Å². The first-order chi connectivity index (χ1) is 10.2. The van der Waals surface area contributed by atoms with Gasteiger partial charge in [0.15, 0.2) is 0 Å². The van der Waals surface area contributed by atoms with Crippen LogP contribution < -0.4 is 5.32 Å². The lowest BCUT2D eigenvalue weighted by Crippen LogP contribution is -2.17. The van der Waals surface area contributed by atoms with Gasteiger partial charge in [-0.1, -0.05) is 30.3 Å². The molecular weight excluding hydrogens is 268 g/mol. The van der Waals surface area contributed by atoms with Crippen LogP contribution in [0, 0.1) is 0 Å². The van der Waals surface area contributed by atoms with Gasteiger partial charge in [0.1, 0.15) is 12.0 Å². The zero-order valence-electron chi connectivity index (χ0n) is 11.5. The predicted molar refractivity (Wildman–Crippen MR) is 76.7 cm³/mol. The molecule has 1 amide bonds. The Labute approximate surface area is 121 Å². The van der Waals surface area contributed by atoms with E-state index in [0.717, 1.165) is 5.56 Å². The zero-order valence-corrected chi connectivity index (χ0v) is 11.5. The summed E-state index contributed by atoms with van der Waals surface area (Å²) in [5.74, 6) is -0.00964. The highest BCUT2D eigenvalue weighted by Gasteiger charge is 2.12. The average Bonchev–Trinajstić information content (AvgIpc) is 3.09. The minimum absolute atomic E-state index is 0.275. The second-order valence-corrected chi connectivity index (χ2v) is 4.55. The van der Waals surface area contributed by atoms with E-state index in [1.54, 1.807) is 30.3 Å². The first-order valence-corrected chi connectivity index (χ1v) is 6.45. The summed E-state index contributed by atoms with van der Waals surface area (Å²) >= 11 is 0. The highest BCUT2D eigenvalue weighted by atomic mass is 16.2. The summed E-state index contributed by atoms with van der Waals surface area (Å²) in [5, 5.41) is 10.8. The van der Waals surface area contributed by atoms with E-state index < -0.39 is 0 Å². The van der Waals surface area contributed by atoms with Gasteiger partial charge in [0.2, 0.25) is 5.95 Å². The van der Waals surface area contributed by atoms with Crippen molar-refractivity contribution in [2.45, 2.75) is 6.54 Å². The number of anilines is 1. The van der Waals surface area contributed by atoms with E-state index in [1.807, 2.05) is 30.3 Å². The number of nitrogens with one attached hydrogen (secondary N) is 1. The molecule has 21 heavy (non-hydrogen) atoms. The van der Waals surface area contributed by atoms with Crippen LogP contribution in [0.4, 0.5) is 5.95 Å². The molecule has 2 heterocycles. The summed E-state index contributed by atoms with van der Waals surface area (Å²) in [7, 11) is 1.70. The Morgan fingerprint density at radius 3 is 2.76 bits per heavy atom. The number of nitrogens with zero attached hydrogens (tertiary/aromatic N) is 5. The first-order valence-electron chi connectivity index (χ1n) is 6.45. The van der Waals surface area contributed by atoms with Gasteiger partial charge in [0, 0.05) is 13.2 Å². The molecule has 1 N–H and O–H groups in total. The maximum Gasteiger partial charge on any atom is 0.276 e. The molecule has 0 spiro atoms. The van der Waals surface area contributed by atoms with Gasteiger partial charge in [-0.05, 0) is 11.6 Å². The van der Waals surface area contributed by atoms with Crippen LogP contribution in [0.5, 0.6) is 0 Å². The normalized spacial score (nSPS) is 10.5. The molecule has 0 saturated carbocycles. The molecule has 2 aromatic heterocycles. The number of aryl methyl sites for hydroxylation is 1. The van der Waals surface area contributed by atoms with Crippen LogP contribution in [0.3, 0.4) is 0 Å². The van der Waals surface area contributed by atoms with E-state index in [4.69, 9.17) is 0 Å². The van der Waals surface area contributed by atoms with Crippen molar-refractivity contribution in [3.8, 4) is 0 Å². The van der Waals surface area contributed by atoms with Crippen molar-refractivity contribution >= 4 is 11.9 Å². The zero-order chi connectivity index (χ0) is 14.7. The number of carbonyl (C=O) groups is 1. The highest BCUT2D eigenvalue weighted by Crippen LogP contribution is 2.05. The van der Waals surface area contributed by atoms with E-state index in [9.17, 15) is 4.79 Å². The molecule has 106 valence electrons. The average molecular weight is 282 g/mol. The van der Waals surface area contributed by atoms with Gasteiger partial charge in [-0.25, -0.2) is 9.67 Å². The van der Waals surface area contributed by atoms with Crippen LogP contribution in [0.15, 0.2) is 48.9 Å². The lowest BCUT2D eigenvalue weighted by atomic mass is 10.2. The molecule has 0 saturated heterocycles. The molecule has 0 bridgehead atoms. The van der Waals surface area contributed by atoms with Gasteiger partial charge in [0.25, 0.3) is 5.91 Å². The molecule has 0 aliphatic rings. The van der Waals surface area contributed by atoms with E-state index >= 15 is 0 Å². The van der Waals surface area contributed by atoms with Crippen LogP contribution in [0.1, 0.15) is 16.1 Å². The Balaban J connectivity index is 1.68. The van der Waals surface area contributed by atoms with E-state index in [2.05, 4.69) is 20.5 Å². The lowest BCUT2D eigenvalue weighted by molar-refractivity contribution is 0.101. The minimum Gasteiger partial charge on any atom is -0.288 e. The molecule has 1 aromatic carbocycles. The number of aromatic nitrogens is 5. The molecule has 7 heteroatoms. The molecule has 0 fully saturated rings. The van der Waals surface area contributed by atoms with Gasteiger partial charge < -0.3 is 0 Å². The molecule has 0 aliphatic heterocycles. The maximum atomic E-state index is 12.0. The number of hydrogen-bond donors (Lipinski definition) is 1. The summed E-state index contributed by atoms with van der Waals surface area (Å²) in [6.07, 6.45) is 3.15. The van der Waals surface area contributed by atoms with Crippen LogP contribution in [0.25, 0.3) is 0 Å². The monoisotopic (exact) mass is 282 g/mol. The van der Waals surface area contributed by atoms with Crippen molar-refractivity contribution in [2.24, 2.45) is 7.05 Å². The molecule has 3 aromatic rings. The van der Waals surface area contributed by atoms with Crippen molar-refractivity contribution in [3.05, 3.63) is 60.2 Å². The Kier molecular flexibility index (Phi) is 3.46. The van der Waals surface area contributed by atoms with Gasteiger partial charge in [0.05, 0.1) is 6.54 Å². The van der Waals surface area contributed by atoms with E-state index in [-0.39, 0.29) is 11.9 Å². The Bertz CT molecular complexity index is 746. The number of amides is 1. The Morgan fingerprint density at radius 1 is 1.24 bits per heavy atom. The quantitative estimate of drug-likeness (QED) is 0.782. The molecule has 3 rings (SSSR count). The third kappa shape index (κ3) is 2.97. The molecule has 0 radical (unpaired) electrons. The van der Waals surface area contributed by atoms with Crippen molar-refractivity contribution in [1.82, 2.24) is 24.5 Å². The van der Waals surface area contributed by atoms with Gasteiger partial charge in [-0.2, -0.15) is 5.10 Å². The smallest absolute Gasteiger partial charge is 0.276 e. The SMILES string of the molecule is Cn1nccc1C(=O)Nc1ncn(Cc2ccccc2)n1. The fourth-order valence-electron chi connectivity index (χ4n) is 1.96. The topological polar surface area (TPSA) is 77.6 Å². The molecule has 0 aliphatic carbocycles. The fraction of sp³-hybridized carbons (Fsp3) is 0.143. The van der Waals surface area contributed by atoms with Crippen LogP contribution in [-0.4, -0.2) is 30.5 Å². The standard InChI is InChI=1S/C14H14N6O/c1-19-12(7-8-16-19)13(21)17-14-15-10-20(18-14)9-11-5-3-2-4-6-11/h2-8,10H,9H2,1H3,(H,17,18,21).